The van der Waals surface area contributed by atoms with Crippen molar-refractivity contribution >= 4 is 39.5 Å². The van der Waals surface area contributed by atoms with Crippen molar-refractivity contribution in [1.82, 2.24) is 10.2 Å². The molecule has 1 atom stereocenters. The van der Waals surface area contributed by atoms with Crippen molar-refractivity contribution in [2.24, 2.45) is 0 Å². The summed E-state index contributed by atoms with van der Waals surface area (Å²) in [6.07, 6.45) is 0. The number of benzene rings is 2. The molecule has 0 heterocycles. The maximum absolute atomic E-state index is 12.9. The molecule has 0 aliphatic rings. The number of hydrogen-bond acceptors (Lipinski definition) is 3. The molecule has 1 N–H and O–H groups in total. The summed E-state index contributed by atoms with van der Waals surface area (Å²) in [6, 6.07) is 17.1. The van der Waals surface area contributed by atoms with Crippen LogP contribution in [-0.4, -0.2) is 35.1 Å². The summed E-state index contributed by atoms with van der Waals surface area (Å²) in [4.78, 5) is 27.8. The summed E-state index contributed by atoms with van der Waals surface area (Å²) < 4.78 is 0.951. The molecule has 0 aliphatic carbocycles. The molecule has 0 saturated carbocycles. The Morgan fingerprint density at radius 1 is 1.15 bits per heavy atom. The van der Waals surface area contributed by atoms with Crippen LogP contribution in [0.1, 0.15) is 19.4 Å². The summed E-state index contributed by atoms with van der Waals surface area (Å²) in [7, 11) is 0. The molecule has 0 bridgehead atoms. The standard InChI is InChI=1S/C20H23BrN2O2S/c1-3-22-20(25)15(2)23(13-16-8-7-9-17(21)12-16)19(24)14-26-18-10-5-4-6-11-18/h4-12,15H,3,13-14H2,1-2H3,(H,22,25)/t15-/m1/s1. The predicted molar refractivity (Wildman–Crippen MR) is 110 cm³/mol. The first kappa shape index (κ1) is 20.5. The van der Waals surface area contributed by atoms with Crippen LogP contribution in [0, 0.1) is 0 Å². The van der Waals surface area contributed by atoms with Crippen LogP contribution in [0.2, 0.25) is 0 Å². The molecular weight excluding hydrogens is 412 g/mol. The average Bonchev–Trinajstić information content (AvgIpc) is 2.64. The Morgan fingerprint density at radius 2 is 1.88 bits per heavy atom. The molecule has 2 aromatic rings. The molecule has 2 amide bonds. The Bertz CT molecular complexity index is 740. The number of hydrogen-bond donors (Lipinski definition) is 1. The number of carbonyl (C=O) groups excluding carboxylic acids is 2. The van der Waals surface area contributed by atoms with Gasteiger partial charge >= 0.3 is 0 Å². The fourth-order valence-electron chi connectivity index (χ4n) is 2.48. The molecule has 2 rings (SSSR count). The van der Waals surface area contributed by atoms with Crippen LogP contribution in [0.25, 0.3) is 0 Å². The second-order valence-corrected chi connectivity index (χ2v) is 7.79. The summed E-state index contributed by atoms with van der Waals surface area (Å²) in [5.74, 6) is 0.0972. The van der Waals surface area contributed by atoms with E-state index in [-0.39, 0.29) is 11.8 Å². The molecule has 2 aromatic carbocycles. The van der Waals surface area contributed by atoms with E-state index in [1.54, 1.807) is 11.8 Å². The second-order valence-electron chi connectivity index (χ2n) is 5.82. The fraction of sp³-hybridized carbons (Fsp3) is 0.300. The third-order valence-electron chi connectivity index (χ3n) is 3.87. The first-order chi connectivity index (χ1) is 12.5. The van der Waals surface area contributed by atoms with Gasteiger partial charge in [-0.25, -0.2) is 0 Å². The van der Waals surface area contributed by atoms with Crippen molar-refractivity contribution in [2.75, 3.05) is 12.3 Å². The van der Waals surface area contributed by atoms with Crippen molar-refractivity contribution in [3.05, 3.63) is 64.6 Å². The predicted octanol–water partition coefficient (Wildman–Crippen LogP) is 4.09. The Morgan fingerprint density at radius 3 is 2.54 bits per heavy atom. The Balaban J connectivity index is 2.12. The van der Waals surface area contributed by atoms with E-state index in [0.717, 1.165) is 14.9 Å². The average molecular weight is 435 g/mol. The van der Waals surface area contributed by atoms with Gasteiger partial charge in [0.15, 0.2) is 0 Å². The minimum Gasteiger partial charge on any atom is -0.355 e. The van der Waals surface area contributed by atoms with Gasteiger partial charge in [-0.2, -0.15) is 0 Å². The first-order valence-corrected chi connectivity index (χ1v) is 10.3. The van der Waals surface area contributed by atoms with Gasteiger partial charge in [-0.05, 0) is 43.7 Å². The van der Waals surface area contributed by atoms with Gasteiger partial charge < -0.3 is 10.2 Å². The zero-order chi connectivity index (χ0) is 18.9. The molecule has 0 fully saturated rings. The number of nitrogens with one attached hydrogen (secondary N) is 1. The van der Waals surface area contributed by atoms with Crippen LogP contribution in [0.3, 0.4) is 0 Å². The minimum atomic E-state index is -0.530. The van der Waals surface area contributed by atoms with E-state index in [1.165, 1.54) is 11.8 Å². The summed E-state index contributed by atoms with van der Waals surface area (Å²) >= 11 is 4.94. The number of rotatable bonds is 8. The smallest absolute Gasteiger partial charge is 0.242 e. The van der Waals surface area contributed by atoms with Crippen LogP contribution in [-0.2, 0) is 16.1 Å². The second kappa shape index (κ2) is 10.4. The summed E-state index contributed by atoms with van der Waals surface area (Å²) in [6.45, 7) is 4.58. The third-order valence-corrected chi connectivity index (χ3v) is 5.36. The SMILES string of the molecule is CCNC(=O)[C@@H](C)N(Cc1cccc(Br)c1)C(=O)CSc1ccccc1. The maximum Gasteiger partial charge on any atom is 0.242 e. The van der Waals surface area contributed by atoms with Gasteiger partial charge in [-0.3, -0.25) is 9.59 Å². The topological polar surface area (TPSA) is 49.4 Å². The highest BCUT2D eigenvalue weighted by Crippen LogP contribution is 2.20. The highest BCUT2D eigenvalue weighted by atomic mass is 79.9. The van der Waals surface area contributed by atoms with E-state index >= 15 is 0 Å². The van der Waals surface area contributed by atoms with E-state index in [2.05, 4.69) is 21.2 Å². The molecule has 6 heteroatoms. The Kier molecular flexibility index (Phi) is 8.19. The van der Waals surface area contributed by atoms with Crippen LogP contribution in [0.5, 0.6) is 0 Å². The monoisotopic (exact) mass is 434 g/mol. The van der Waals surface area contributed by atoms with Gasteiger partial charge in [0, 0.05) is 22.5 Å². The lowest BCUT2D eigenvalue weighted by Crippen LogP contribution is -2.48. The minimum absolute atomic E-state index is 0.0578. The van der Waals surface area contributed by atoms with E-state index in [1.807, 2.05) is 61.5 Å². The molecule has 4 nitrogen and oxygen atoms in total. The van der Waals surface area contributed by atoms with Gasteiger partial charge in [0.25, 0.3) is 0 Å². The molecule has 0 aliphatic heterocycles. The normalized spacial score (nSPS) is 11.7. The highest BCUT2D eigenvalue weighted by molar-refractivity contribution is 9.10. The molecule has 0 spiro atoms. The van der Waals surface area contributed by atoms with E-state index in [0.29, 0.717) is 18.8 Å². The van der Waals surface area contributed by atoms with Crippen molar-refractivity contribution in [1.29, 1.82) is 0 Å². The lowest BCUT2D eigenvalue weighted by atomic mass is 10.1. The van der Waals surface area contributed by atoms with Crippen molar-refractivity contribution in [2.45, 2.75) is 31.3 Å². The lowest BCUT2D eigenvalue weighted by molar-refractivity contribution is -0.138. The van der Waals surface area contributed by atoms with E-state index < -0.39 is 6.04 Å². The van der Waals surface area contributed by atoms with Crippen molar-refractivity contribution in [3.8, 4) is 0 Å². The zero-order valence-corrected chi connectivity index (χ0v) is 17.3. The summed E-state index contributed by atoms with van der Waals surface area (Å²) in [5, 5.41) is 2.80. The first-order valence-electron chi connectivity index (χ1n) is 8.50. The zero-order valence-electron chi connectivity index (χ0n) is 14.9. The number of nitrogens with zero attached hydrogens (tertiary/aromatic N) is 1. The van der Waals surface area contributed by atoms with Crippen LogP contribution >= 0.6 is 27.7 Å². The number of amides is 2. The molecule has 0 saturated heterocycles. The van der Waals surface area contributed by atoms with Gasteiger partial charge in [0.2, 0.25) is 11.8 Å². The van der Waals surface area contributed by atoms with E-state index in [4.69, 9.17) is 0 Å². The number of thioether (sulfide) groups is 1. The molecule has 138 valence electrons. The Hall–Kier alpha value is -1.79. The lowest BCUT2D eigenvalue weighted by Gasteiger charge is -2.28. The van der Waals surface area contributed by atoms with Gasteiger partial charge in [-0.15, -0.1) is 11.8 Å². The maximum atomic E-state index is 12.9. The third kappa shape index (κ3) is 6.18. The number of likely N-dealkylation sites (N-methyl/N-ethyl adjacent to an activating group) is 1. The van der Waals surface area contributed by atoms with Crippen molar-refractivity contribution < 1.29 is 9.59 Å². The number of halogens is 1. The molecule has 0 unspecified atom stereocenters. The highest BCUT2D eigenvalue weighted by Gasteiger charge is 2.25. The van der Waals surface area contributed by atoms with Gasteiger partial charge in [0.05, 0.1) is 5.75 Å². The van der Waals surface area contributed by atoms with Gasteiger partial charge in [0.1, 0.15) is 6.04 Å². The molecule has 26 heavy (non-hydrogen) atoms. The molecule has 0 radical (unpaired) electrons. The van der Waals surface area contributed by atoms with Gasteiger partial charge in [-0.1, -0.05) is 46.3 Å². The fourth-order valence-corrected chi connectivity index (χ4v) is 3.73. The number of carbonyl (C=O) groups is 2. The summed E-state index contributed by atoms with van der Waals surface area (Å²) in [5.41, 5.74) is 0.980. The van der Waals surface area contributed by atoms with Crippen LogP contribution in [0.15, 0.2) is 64.0 Å². The molecular formula is C20H23BrN2O2S. The van der Waals surface area contributed by atoms with Crippen LogP contribution in [0.4, 0.5) is 0 Å². The van der Waals surface area contributed by atoms with Crippen LogP contribution < -0.4 is 5.32 Å². The molecule has 0 aromatic heterocycles. The Labute approximate surface area is 167 Å². The quantitative estimate of drug-likeness (QED) is 0.636. The largest absolute Gasteiger partial charge is 0.355 e. The van der Waals surface area contributed by atoms with E-state index in [9.17, 15) is 9.59 Å². The van der Waals surface area contributed by atoms with Crippen molar-refractivity contribution in [3.63, 3.8) is 0 Å².